The first-order valence-corrected chi connectivity index (χ1v) is 8.49. The fraction of sp³-hybridized carbons (Fsp3) is 0.333. The average Bonchev–Trinajstić information content (AvgIpc) is 3.21. The smallest absolute Gasteiger partial charge is 0.380 e. The van der Waals surface area contributed by atoms with Crippen LogP contribution in [-0.2, 0) is 0 Å². The van der Waals surface area contributed by atoms with Crippen molar-refractivity contribution in [3.63, 3.8) is 0 Å². The summed E-state index contributed by atoms with van der Waals surface area (Å²) in [5.41, 5.74) is -2.87. The van der Waals surface area contributed by atoms with Crippen molar-refractivity contribution >= 4 is 33.8 Å². The summed E-state index contributed by atoms with van der Waals surface area (Å²) in [7, 11) is 2.28. The summed E-state index contributed by atoms with van der Waals surface area (Å²) in [6.45, 7) is 0. The van der Waals surface area contributed by atoms with Gasteiger partial charge in [-0.05, 0) is 22.9 Å². The van der Waals surface area contributed by atoms with Crippen LogP contribution in [0.1, 0.15) is 9.75 Å². The van der Waals surface area contributed by atoms with E-state index in [2.05, 4.69) is 0 Å². The molecule has 0 amide bonds. The van der Waals surface area contributed by atoms with Gasteiger partial charge in [0, 0.05) is 0 Å². The van der Waals surface area contributed by atoms with Crippen LogP contribution < -0.4 is 9.47 Å². The lowest BCUT2D eigenvalue weighted by atomic mass is 10.0. The van der Waals surface area contributed by atoms with Gasteiger partial charge in [-0.1, -0.05) is 0 Å². The third-order valence-electron chi connectivity index (χ3n) is 3.82. The van der Waals surface area contributed by atoms with Crippen molar-refractivity contribution in [1.29, 1.82) is 0 Å². The summed E-state index contributed by atoms with van der Waals surface area (Å²) >= 11 is 1.25. The molecule has 0 radical (unpaired) electrons. The molecule has 0 bridgehead atoms. The number of halogens is 6. The van der Waals surface area contributed by atoms with Gasteiger partial charge in [0.05, 0.1) is 35.1 Å². The minimum atomic E-state index is -5.59. The van der Waals surface area contributed by atoms with Gasteiger partial charge in [-0.15, -0.1) is 22.7 Å². The second kappa shape index (κ2) is 5.66. The Kier molecular flexibility index (Phi) is 4.11. The molecule has 0 spiro atoms. The highest BCUT2D eigenvalue weighted by atomic mass is 32.1. The van der Waals surface area contributed by atoms with Gasteiger partial charge in [-0.3, -0.25) is 0 Å². The van der Waals surface area contributed by atoms with Crippen LogP contribution in [0.15, 0.2) is 22.9 Å². The van der Waals surface area contributed by atoms with E-state index in [0.29, 0.717) is 22.7 Å². The molecule has 1 aliphatic carbocycles. The maximum atomic E-state index is 14.5. The molecular weight excluding hydrogens is 390 g/mol. The number of thiophene rings is 2. The zero-order chi connectivity index (χ0) is 18.6. The maximum absolute atomic E-state index is 14.5. The van der Waals surface area contributed by atoms with E-state index in [4.69, 9.17) is 9.47 Å². The molecule has 10 heteroatoms. The van der Waals surface area contributed by atoms with Crippen molar-refractivity contribution in [3.05, 3.63) is 32.6 Å². The molecule has 136 valence electrons. The summed E-state index contributed by atoms with van der Waals surface area (Å²) in [5.74, 6) is -16.1. The minimum absolute atomic E-state index is 0.179. The third kappa shape index (κ3) is 2.23. The Morgan fingerprint density at radius 1 is 0.720 bits per heavy atom. The molecule has 0 atom stereocenters. The topological polar surface area (TPSA) is 18.5 Å². The molecule has 0 aliphatic heterocycles. The first-order valence-electron chi connectivity index (χ1n) is 6.73. The van der Waals surface area contributed by atoms with Crippen molar-refractivity contribution in [1.82, 2.24) is 0 Å². The van der Waals surface area contributed by atoms with Crippen molar-refractivity contribution < 1.29 is 35.8 Å². The monoisotopic (exact) mass is 400 g/mol. The lowest BCUT2D eigenvalue weighted by Gasteiger charge is -2.25. The van der Waals surface area contributed by atoms with Gasteiger partial charge < -0.3 is 9.47 Å². The van der Waals surface area contributed by atoms with Gasteiger partial charge in [0.1, 0.15) is 11.5 Å². The van der Waals surface area contributed by atoms with E-state index >= 15 is 0 Å². The molecule has 0 saturated heterocycles. The van der Waals surface area contributed by atoms with Crippen molar-refractivity contribution in [3.8, 4) is 11.5 Å². The molecule has 0 saturated carbocycles. The molecule has 25 heavy (non-hydrogen) atoms. The summed E-state index contributed by atoms with van der Waals surface area (Å²) in [4.78, 5) is -0.926. The molecule has 0 unspecified atom stereocenters. The van der Waals surface area contributed by atoms with Crippen LogP contribution in [-0.4, -0.2) is 32.0 Å². The van der Waals surface area contributed by atoms with Crippen LogP contribution in [0.25, 0.3) is 11.1 Å². The highest BCUT2D eigenvalue weighted by Gasteiger charge is 2.81. The fourth-order valence-electron chi connectivity index (χ4n) is 2.62. The Bertz CT molecular complexity index is 770. The molecule has 1 aliphatic rings. The zero-order valence-corrected chi connectivity index (χ0v) is 14.3. The molecule has 2 aromatic rings. The third-order valence-corrected chi connectivity index (χ3v) is 5.65. The molecule has 2 aromatic heterocycles. The van der Waals surface area contributed by atoms with Crippen LogP contribution in [0.5, 0.6) is 11.5 Å². The number of hydrogen-bond donors (Lipinski definition) is 0. The van der Waals surface area contributed by atoms with Crippen LogP contribution in [0, 0.1) is 0 Å². The van der Waals surface area contributed by atoms with Gasteiger partial charge in [-0.2, -0.15) is 26.3 Å². The predicted octanol–water partition coefficient (Wildman–Crippen LogP) is 5.66. The number of hydrogen-bond acceptors (Lipinski definition) is 4. The number of methoxy groups -OCH3 is 2. The largest absolute Gasteiger partial charge is 0.495 e. The molecular formula is C15H10F6O2S2. The van der Waals surface area contributed by atoms with Crippen LogP contribution in [0.2, 0.25) is 0 Å². The second-order valence-corrected chi connectivity index (χ2v) is 6.94. The maximum Gasteiger partial charge on any atom is 0.380 e. The zero-order valence-electron chi connectivity index (χ0n) is 12.7. The number of allylic oxidation sites excluding steroid dienone is 2. The lowest BCUT2D eigenvalue weighted by Crippen LogP contribution is -2.48. The summed E-state index contributed by atoms with van der Waals surface area (Å²) < 4.78 is 95.7. The van der Waals surface area contributed by atoms with Crippen molar-refractivity contribution in [2.75, 3.05) is 14.2 Å². The van der Waals surface area contributed by atoms with Crippen molar-refractivity contribution in [2.24, 2.45) is 0 Å². The van der Waals surface area contributed by atoms with Crippen LogP contribution >= 0.6 is 22.7 Å². The lowest BCUT2D eigenvalue weighted by molar-refractivity contribution is -0.254. The van der Waals surface area contributed by atoms with Gasteiger partial charge >= 0.3 is 17.8 Å². The Balaban J connectivity index is 2.42. The Morgan fingerprint density at radius 3 is 1.40 bits per heavy atom. The standard InChI is InChI=1S/C15H10F6O2S2/c1-22-7-3-5-24-11(7)9-10(12-8(23-2)4-6-25-12)14(18,19)15(20,21)13(9,16)17/h3-6H,1-2H3. The Morgan fingerprint density at radius 2 is 1.08 bits per heavy atom. The van der Waals surface area contributed by atoms with Gasteiger partial charge in [0.25, 0.3) is 0 Å². The van der Waals surface area contributed by atoms with Crippen LogP contribution in [0.4, 0.5) is 26.3 Å². The SMILES string of the molecule is COc1ccsc1C1=C(c2sccc2OC)C(F)(F)C(F)(F)C1(F)F. The molecule has 3 rings (SSSR count). The second-order valence-electron chi connectivity index (χ2n) is 5.11. The first-order chi connectivity index (χ1) is 11.6. The highest BCUT2D eigenvalue weighted by molar-refractivity contribution is 7.12. The number of rotatable bonds is 4. The van der Waals surface area contributed by atoms with E-state index in [9.17, 15) is 26.3 Å². The summed E-state index contributed by atoms with van der Waals surface area (Å²) in [6.07, 6.45) is 0. The van der Waals surface area contributed by atoms with Crippen molar-refractivity contribution in [2.45, 2.75) is 17.8 Å². The molecule has 2 heterocycles. The van der Waals surface area contributed by atoms with E-state index in [1.54, 1.807) is 0 Å². The normalized spacial score (nSPS) is 20.8. The molecule has 0 N–H and O–H groups in total. The Hall–Kier alpha value is -1.68. The molecule has 0 aromatic carbocycles. The molecule has 0 fully saturated rings. The fourth-order valence-corrected chi connectivity index (χ4v) is 4.51. The van der Waals surface area contributed by atoms with Gasteiger partial charge in [-0.25, -0.2) is 0 Å². The number of ether oxygens (including phenoxy) is 2. The first kappa shape index (κ1) is 18.1. The summed E-state index contributed by atoms with van der Waals surface area (Å²) in [5, 5.41) is 2.60. The Labute approximate surface area is 146 Å². The van der Waals surface area contributed by atoms with E-state index < -0.39 is 38.7 Å². The quantitative estimate of drug-likeness (QED) is 0.617. The van der Waals surface area contributed by atoms with Crippen LogP contribution in [0.3, 0.4) is 0 Å². The predicted molar refractivity (Wildman–Crippen MR) is 83.4 cm³/mol. The average molecular weight is 400 g/mol. The number of alkyl halides is 6. The van der Waals surface area contributed by atoms with Gasteiger partial charge in [0.2, 0.25) is 0 Å². The van der Waals surface area contributed by atoms with E-state index in [1.165, 1.54) is 22.9 Å². The van der Waals surface area contributed by atoms with E-state index in [0.717, 1.165) is 14.2 Å². The summed E-state index contributed by atoms with van der Waals surface area (Å²) in [6, 6.07) is 2.50. The van der Waals surface area contributed by atoms with E-state index in [1.807, 2.05) is 0 Å². The molecule has 2 nitrogen and oxygen atoms in total. The highest BCUT2D eigenvalue weighted by Crippen LogP contribution is 2.67. The van der Waals surface area contributed by atoms with Gasteiger partial charge in [0.15, 0.2) is 0 Å². The minimum Gasteiger partial charge on any atom is -0.495 e. The van der Waals surface area contributed by atoms with E-state index in [-0.39, 0.29) is 11.5 Å².